The summed E-state index contributed by atoms with van der Waals surface area (Å²) in [7, 11) is -2.26. The molecule has 1 atom stereocenters. The van der Waals surface area contributed by atoms with Gasteiger partial charge in [-0.1, -0.05) is 0 Å². The average molecular weight is 311 g/mol. The second kappa shape index (κ2) is 8.32. The fourth-order valence-corrected chi connectivity index (χ4v) is 1.54. The molecule has 0 fully saturated rings. The van der Waals surface area contributed by atoms with E-state index in [0.29, 0.717) is 0 Å². The second-order valence-electron chi connectivity index (χ2n) is 3.74. The molecule has 0 saturated carbocycles. The zero-order chi connectivity index (χ0) is 15.8. The lowest BCUT2D eigenvalue weighted by atomic mass is 10.2. The van der Waals surface area contributed by atoms with Crippen molar-refractivity contribution in [2.45, 2.75) is 12.5 Å². The molecule has 0 unspecified atom stereocenters. The minimum Gasteiger partial charge on any atom is -0.480 e. The molecule has 0 heterocycles. The lowest BCUT2D eigenvalue weighted by molar-refractivity contribution is -0.147. The van der Waals surface area contributed by atoms with Crippen molar-refractivity contribution in [2.24, 2.45) is 0 Å². The van der Waals surface area contributed by atoms with Gasteiger partial charge in [-0.3, -0.25) is 4.79 Å². The highest BCUT2D eigenvalue weighted by atomic mass is 32.2. The van der Waals surface area contributed by atoms with Gasteiger partial charge in [-0.25, -0.2) is 22.7 Å². The number of aliphatic carboxylic acids is 1. The van der Waals surface area contributed by atoms with Gasteiger partial charge in [-0.15, -0.1) is 0 Å². The molecule has 11 heteroatoms. The van der Waals surface area contributed by atoms with Crippen LogP contribution in [0.2, 0.25) is 0 Å². The van der Waals surface area contributed by atoms with Crippen LogP contribution < -0.4 is 15.4 Å². The maximum absolute atomic E-state index is 11.3. The number of amides is 2. The number of methoxy groups -OCH3 is 1. The summed E-state index contributed by atoms with van der Waals surface area (Å²) >= 11 is 0. The third kappa shape index (κ3) is 9.10. The Bertz CT molecular complexity index is 462. The van der Waals surface area contributed by atoms with Crippen molar-refractivity contribution < 1.29 is 32.6 Å². The van der Waals surface area contributed by atoms with E-state index in [1.165, 1.54) is 0 Å². The van der Waals surface area contributed by atoms with Crippen LogP contribution in [0.1, 0.15) is 6.42 Å². The van der Waals surface area contributed by atoms with Crippen LogP contribution in [-0.4, -0.2) is 64.0 Å². The Morgan fingerprint density at radius 2 is 1.85 bits per heavy atom. The molecule has 0 bridgehead atoms. The summed E-state index contributed by atoms with van der Waals surface area (Å²) in [5.74, 6) is -2.17. The van der Waals surface area contributed by atoms with Crippen LogP contribution in [0.25, 0.3) is 0 Å². The molecular formula is C9H17N3O7S. The highest BCUT2D eigenvalue weighted by Crippen LogP contribution is 1.94. The van der Waals surface area contributed by atoms with Crippen LogP contribution >= 0.6 is 0 Å². The quantitative estimate of drug-likeness (QED) is 0.295. The van der Waals surface area contributed by atoms with E-state index in [4.69, 9.17) is 5.11 Å². The predicted molar refractivity (Wildman–Crippen MR) is 67.4 cm³/mol. The number of carbonyl (C=O) groups excluding carboxylic acids is 2. The van der Waals surface area contributed by atoms with E-state index in [9.17, 15) is 22.8 Å². The van der Waals surface area contributed by atoms with Gasteiger partial charge in [0.15, 0.2) is 0 Å². The topological polar surface area (TPSA) is 151 Å². The Kier molecular flexibility index (Phi) is 7.54. The number of hydrogen-bond acceptors (Lipinski definition) is 6. The number of rotatable bonds is 8. The molecule has 20 heavy (non-hydrogen) atoms. The Balaban J connectivity index is 4.14. The summed E-state index contributed by atoms with van der Waals surface area (Å²) in [6.45, 7) is -0.0789. The van der Waals surface area contributed by atoms with Crippen LogP contribution in [0, 0.1) is 0 Å². The monoisotopic (exact) mass is 311 g/mol. The first-order valence-electron chi connectivity index (χ1n) is 5.44. The zero-order valence-corrected chi connectivity index (χ0v) is 11.8. The smallest absolute Gasteiger partial charge is 0.326 e. The van der Waals surface area contributed by atoms with Gasteiger partial charge in [0.2, 0.25) is 10.0 Å². The molecule has 4 N–H and O–H groups in total. The minimum atomic E-state index is -3.35. The van der Waals surface area contributed by atoms with Gasteiger partial charge >= 0.3 is 18.0 Å². The molecule has 0 aliphatic rings. The van der Waals surface area contributed by atoms with E-state index in [1.54, 1.807) is 0 Å². The van der Waals surface area contributed by atoms with E-state index >= 15 is 0 Å². The van der Waals surface area contributed by atoms with E-state index in [0.717, 1.165) is 13.4 Å². The molecule has 0 aromatic rings. The number of nitrogens with one attached hydrogen (secondary N) is 3. The largest absolute Gasteiger partial charge is 0.480 e. The van der Waals surface area contributed by atoms with E-state index in [-0.39, 0.29) is 13.1 Å². The van der Waals surface area contributed by atoms with Gasteiger partial charge < -0.3 is 20.5 Å². The van der Waals surface area contributed by atoms with Gasteiger partial charge in [0.05, 0.1) is 19.8 Å². The van der Waals surface area contributed by atoms with Crippen molar-refractivity contribution in [1.82, 2.24) is 15.4 Å². The van der Waals surface area contributed by atoms with Crippen molar-refractivity contribution in [3.8, 4) is 0 Å². The van der Waals surface area contributed by atoms with Crippen molar-refractivity contribution in [3.05, 3.63) is 0 Å². The maximum atomic E-state index is 11.3. The first-order chi connectivity index (χ1) is 9.15. The van der Waals surface area contributed by atoms with Crippen molar-refractivity contribution in [3.63, 3.8) is 0 Å². The zero-order valence-electron chi connectivity index (χ0n) is 11.0. The molecule has 0 aromatic carbocycles. The number of esters is 1. The number of urea groups is 1. The molecule has 10 nitrogen and oxygen atoms in total. The summed E-state index contributed by atoms with van der Waals surface area (Å²) < 4.78 is 27.9. The number of hydrogen-bond donors (Lipinski definition) is 4. The Morgan fingerprint density at radius 1 is 1.25 bits per heavy atom. The Morgan fingerprint density at radius 3 is 2.30 bits per heavy atom. The van der Waals surface area contributed by atoms with Gasteiger partial charge in [0.1, 0.15) is 6.04 Å². The lowest BCUT2D eigenvalue weighted by Crippen LogP contribution is -2.48. The minimum absolute atomic E-state index is 0.0382. The third-order valence-corrected chi connectivity index (χ3v) is 2.71. The van der Waals surface area contributed by atoms with Crippen LogP contribution in [0.5, 0.6) is 0 Å². The Labute approximate surface area is 115 Å². The average Bonchev–Trinajstić information content (AvgIpc) is 2.32. The highest BCUT2D eigenvalue weighted by molar-refractivity contribution is 7.88. The van der Waals surface area contributed by atoms with Gasteiger partial charge in [-0.05, 0) is 0 Å². The Hall–Kier alpha value is -1.88. The molecule has 0 aromatic heterocycles. The molecule has 0 spiro atoms. The number of carboxylic acid groups (broad SMARTS) is 1. The standard InChI is InChI=1S/C9H17N3O7S/c1-19-7(13)5-6(8(14)15)12-9(16)10-3-4-11-20(2,17)18/h6,11H,3-5H2,1-2H3,(H,14,15)(H2,10,12,16)/t6-/m0/s1. The number of sulfonamides is 1. The van der Waals surface area contributed by atoms with Crippen molar-refractivity contribution in [2.75, 3.05) is 26.5 Å². The van der Waals surface area contributed by atoms with Crippen molar-refractivity contribution in [1.29, 1.82) is 0 Å². The number of carboxylic acids is 1. The van der Waals surface area contributed by atoms with Gasteiger partial charge in [0, 0.05) is 13.1 Å². The summed E-state index contributed by atoms with van der Waals surface area (Å²) in [4.78, 5) is 33.1. The molecular weight excluding hydrogens is 294 g/mol. The fraction of sp³-hybridized carbons (Fsp3) is 0.667. The normalized spacial score (nSPS) is 12.3. The third-order valence-electron chi connectivity index (χ3n) is 1.98. The fourth-order valence-electron chi connectivity index (χ4n) is 1.07. The molecule has 0 saturated heterocycles. The van der Waals surface area contributed by atoms with Gasteiger partial charge in [0.25, 0.3) is 0 Å². The van der Waals surface area contributed by atoms with E-state index in [1.807, 2.05) is 0 Å². The van der Waals surface area contributed by atoms with E-state index in [2.05, 4.69) is 20.1 Å². The molecule has 0 aliphatic carbocycles. The van der Waals surface area contributed by atoms with Crippen LogP contribution in [0.3, 0.4) is 0 Å². The predicted octanol–water partition coefficient (Wildman–Crippen LogP) is -2.15. The first kappa shape index (κ1) is 18.1. The SMILES string of the molecule is COC(=O)C[C@H](NC(=O)NCCNS(C)(=O)=O)C(=O)O. The molecule has 0 aliphatic heterocycles. The summed E-state index contributed by atoms with van der Waals surface area (Å²) in [6, 6.07) is -2.26. The van der Waals surface area contributed by atoms with Gasteiger partial charge in [-0.2, -0.15) is 0 Å². The first-order valence-corrected chi connectivity index (χ1v) is 7.33. The lowest BCUT2D eigenvalue weighted by Gasteiger charge is -2.14. The number of ether oxygens (including phenoxy) is 1. The maximum Gasteiger partial charge on any atom is 0.326 e. The van der Waals surface area contributed by atoms with Crippen LogP contribution in [-0.2, 0) is 24.3 Å². The molecule has 116 valence electrons. The molecule has 0 radical (unpaired) electrons. The molecule has 2 amide bonds. The summed E-state index contributed by atoms with van der Waals surface area (Å²) in [6.07, 6.45) is 0.449. The van der Waals surface area contributed by atoms with E-state index < -0.39 is 40.5 Å². The second-order valence-corrected chi connectivity index (χ2v) is 5.57. The summed E-state index contributed by atoms with van der Waals surface area (Å²) in [5.41, 5.74) is 0. The van der Waals surface area contributed by atoms with Crippen LogP contribution in [0.15, 0.2) is 0 Å². The highest BCUT2D eigenvalue weighted by Gasteiger charge is 2.23. The van der Waals surface area contributed by atoms with Crippen molar-refractivity contribution >= 4 is 28.0 Å². The number of carbonyl (C=O) groups is 3. The summed E-state index contributed by atoms with van der Waals surface area (Å²) in [5, 5.41) is 13.1. The molecule has 0 rings (SSSR count). The van der Waals surface area contributed by atoms with Crippen LogP contribution in [0.4, 0.5) is 4.79 Å².